The van der Waals surface area contributed by atoms with E-state index < -0.39 is 99.3 Å². The van der Waals surface area contributed by atoms with E-state index >= 15 is 0 Å². The quantitative estimate of drug-likeness (QED) is 0.176. The molecule has 214 valence electrons. The van der Waals surface area contributed by atoms with Crippen LogP contribution in [0, 0.1) is 0 Å². The molecule has 0 aliphatic carbocycles. The van der Waals surface area contributed by atoms with E-state index in [0.29, 0.717) is 23.6 Å². The van der Waals surface area contributed by atoms with Gasteiger partial charge in [0.2, 0.25) is 5.91 Å². The highest BCUT2D eigenvalue weighted by molar-refractivity contribution is 7.94. The van der Waals surface area contributed by atoms with E-state index in [1.54, 1.807) is 0 Å². The first-order valence-corrected chi connectivity index (χ1v) is 16.0. The van der Waals surface area contributed by atoms with Gasteiger partial charge in [0.05, 0.1) is 15.5 Å². The van der Waals surface area contributed by atoms with Crippen molar-refractivity contribution < 1.29 is 57.2 Å². The van der Waals surface area contributed by atoms with Gasteiger partial charge in [0.1, 0.15) is 21.2 Å². The third-order valence-corrected chi connectivity index (χ3v) is 8.96. The Kier molecular flexibility index (Phi) is 7.93. The van der Waals surface area contributed by atoms with Gasteiger partial charge in [-0.15, -0.1) is 10.2 Å². The summed E-state index contributed by atoms with van der Waals surface area (Å²) < 4.78 is 124. The molecule has 3 rings (SSSR count). The van der Waals surface area contributed by atoms with Crippen LogP contribution in [0.5, 0.6) is 5.75 Å². The second-order valence-corrected chi connectivity index (χ2v) is 13.9. The SMILES string of the molecule is C=CS(=O)(=O)c1ccc(/N=N/c2c(S(=O)(=O)O)cc3cc(S(=O)(=O)O)cc(NC(C)=O)c3c2O)c(S(=O)(=O)O)c1. The first kappa shape index (κ1) is 30.7. The topological polar surface area (TPSA) is 271 Å². The van der Waals surface area contributed by atoms with Gasteiger partial charge in [0, 0.05) is 17.7 Å². The molecule has 0 bridgehead atoms. The summed E-state index contributed by atoms with van der Waals surface area (Å²) in [6.45, 7) is 4.09. The van der Waals surface area contributed by atoms with Crippen molar-refractivity contribution in [1.82, 2.24) is 0 Å². The molecule has 0 aromatic heterocycles. The number of azo groups is 1. The summed E-state index contributed by atoms with van der Waals surface area (Å²) in [5.74, 6) is -1.90. The maximum atomic E-state index is 12.1. The summed E-state index contributed by atoms with van der Waals surface area (Å²) in [6.07, 6.45) is 0. The van der Waals surface area contributed by atoms with Crippen LogP contribution in [-0.4, -0.2) is 58.3 Å². The Morgan fingerprint density at radius 3 is 1.93 bits per heavy atom. The smallest absolute Gasteiger partial charge is 0.296 e. The van der Waals surface area contributed by atoms with Crippen molar-refractivity contribution in [2.75, 3.05) is 5.32 Å². The molecular formula is C20H17N3O13S4. The summed E-state index contributed by atoms with van der Waals surface area (Å²) >= 11 is 0. The first-order valence-electron chi connectivity index (χ1n) is 10.1. The van der Waals surface area contributed by atoms with Crippen molar-refractivity contribution in [3.05, 3.63) is 48.4 Å². The van der Waals surface area contributed by atoms with Gasteiger partial charge in [-0.3, -0.25) is 18.5 Å². The molecule has 0 saturated heterocycles. The fourth-order valence-electron chi connectivity index (χ4n) is 3.35. The number of benzene rings is 3. The summed E-state index contributed by atoms with van der Waals surface area (Å²) in [7, 11) is -19.5. The van der Waals surface area contributed by atoms with E-state index in [1.807, 2.05) is 0 Å². The van der Waals surface area contributed by atoms with Crippen LogP contribution in [-0.2, 0) is 45.0 Å². The molecule has 0 aliphatic heterocycles. The second kappa shape index (κ2) is 10.3. The summed E-state index contributed by atoms with van der Waals surface area (Å²) in [6, 6.07) is 4.19. The number of carbonyl (C=O) groups excluding carboxylic acids is 1. The highest BCUT2D eigenvalue weighted by Crippen LogP contribution is 2.45. The highest BCUT2D eigenvalue weighted by Gasteiger charge is 2.26. The third kappa shape index (κ3) is 6.33. The summed E-state index contributed by atoms with van der Waals surface area (Å²) in [5.41, 5.74) is -2.23. The van der Waals surface area contributed by atoms with Crippen molar-refractivity contribution in [1.29, 1.82) is 0 Å². The standard InChI is InChI=1S/C20H17N3O13S4/c1-3-37(26,27)12-4-5-14(16(9-12)39(31,32)33)22-23-19-17(40(34,35)36)7-11-6-13(38(28,29)30)8-15(21-10(2)24)18(11)20(19)25/h3-9,25H,1H2,2H3,(H,21,24)(H,28,29,30)(H,31,32,33)(H,34,35,36)/b23-22+. The fraction of sp³-hybridized carbons (Fsp3) is 0.0500. The molecule has 0 spiro atoms. The lowest BCUT2D eigenvalue weighted by Gasteiger charge is -2.14. The van der Waals surface area contributed by atoms with Crippen LogP contribution in [0.4, 0.5) is 17.1 Å². The molecular weight excluding hydrogens is 618 g/mol. The van der Waals surface area contributed by atoms with Crippen molar-refractivity contribution in [3.8, 4) is 5.75 Å². The lowest BCUT2D eigenvalue weighted by Crippen LogP contribution is -2.08. The Bertz CT molecular complexity index is 2070. The zero-order valence-electron chi connectivity index (χ0n) is 19.7. The predicted molar refractivity (Wildman–Crippen MR) is 137 cm³/mol. The van der Waals surface area contributed by atoms with E-state index in [2.05, 4.69) is 22.1 Å². The Hall–Kier alpha value is -3.79. The van der Waals surface area contributed by atoms with E-state index in [-0.39, 0.29) is 0 Å². The largest absolute Gasteiger partial charge is 0.505 e. The Labute approximate surface area is 226 Å². The molecule has 0 heterocycles. The minimum Gasteiger partial charge on any atom is -0.505 e. The van der Waals surface area contributed by atoms with Gasteiger partial charge in [0.25, 0.3) is 30.4 Å². The Balaban J connectivity index is 2.43. The number of anilines is 1. The van der Waals surface area contributed by atoms with Gasteiger partial charge in [0.15, 0.2) is 15.6 Å². The zero-order chi connectivity index (χ0) is 30.4. The molecule has 1 amide bonds. The normalized spacial score (nSPS) is 13.0. The van der Waals surface area contributed by atoms with Gasteiger partial charge in [-0.05, 0) is 41.8 Å². The number of hydrogen-bond donors (Lipinski definition) is 5. The van der Waals surface area contributed by atoms with E-state index in [0.717, 1.165) is 25.1 Å². The van der Waals surface area contributed by atoms with E-state index in [4.69, 9.17) is 0 Å². The van der Waals surface area contributed by atoms with E-state index in [9.17, 15) is 57.2 Å². The van der Waals surface area contributed by atoms with Crippen LogP contribution in [0.1, 0.15) is 6.92 Å². The minimum absolute atomic E-state index is 0.430. The monoisotopic (exact) mass is 635 g/mol. The number of aromatic hydroxyl groups is 1. The van der Waals surface area contributed by atoms with Gasteiger partial charge in [-0.25, -0.2) is 8.42 Å². The van der Waals surface area contributed by atoms with Crippen LogP contribution >= 0.6 is 0 Å². The number of fused-ring (bicyclic) bond motifs is 1. The molecule has 16 nitrogen and oxygen atoms in total. The number of hydrogen-bond acceptors (Lipinski definition) is 12. The average Bonchev–Trinajstić information content (AvgIpc) is 2.80. The summed E-state index contributed by atoms with van der Waals surface area (Å²) in [4.78, 5) is 7.98. The maximum absolute atomic E-state index is 12.1. The van der Waals surface area contributed by atoms with E-state index in [1.165, 1.54) is 0 Å². The molecule has 20 heteroatoms. The number of rotatable bonds is 8. The maximum Gasteiger partial charge on any atom is 0.296 e. The zero-order valence-corrected chi connectivity index (χ0v) is 23.0. The molecule has 0 fully saturated rings. The van der Waals surface area contributed by atoms with Gasteiger partial charge >= 0.3 is 0 Å². The molecule has 0 radical (unpaired) electrons. The molecule has 0 aliphatic rings. The molecule has 0 unspecified atom stereocenters. The van der Waals surface area contributed by atoms with Gasteiger partial charge < -0.3 is 10.4 Å². The van der Waals surface area contributed by atoms with Crippen molar-refractivity contribution in [3.63, 3.8) is 0 Å². The van der Waals surface area contributed by atoms with Crippen LogP contribution < -0.4 is 5.32 Å². The number of phenolic OH excluding ortho intramolecular Hbond substituents is 1. The Morgan fingerprint density at radius 1 is 0.825 bits per heavy atom. The first-order chi connectivity index (χ1) is 18.2. The Morgan fingerprint density at radius 2 is 1.43 bits per heavy atom. The fourth-order valence-corrected chi connectivity index (χ4v) is 6.01. The lowest BCUT2D eigenvalue weighted by molar-refractivity contribution is -0.114. The van der Waals surface area contributed by atoms with Gasteiger partial charge in [-0.1, -0.05) is 6.58 Å². The number of nitrogens with zero attached hydrogens (tertiary/aromatic N) is 2. The highest BCUT2D eigenvalue weighted by atomic mass is 32.2. The number of carbonyl (C=O) groups is 1. The number of phenols is 1. The number of sulfone groups is 1. The second-order valence-electron chi connectivity index (χ2n) is 7.79. The molecule has 3 aromatic carbocycles. The summed E-state index contributed by atoms with van der Waals surface area (Å²) in [5, 5.41) is 19.7. The molecule has 0 atom stereocenters. The van der Waals surface area contributed by atoms with Crippen LogP contribution in [0.3, 0.4) is 0 Å². The van der Waals surface area contributed by atoms with Crippen LogP contribution in [0.2, 0.25) is 0 Å². The van der Waals surface area contributed by atoms with Crippen LogP contribution in [0.15, 0.2) is 78.2 Å². The molecule has 3 aromatic rings. The minimum atomic E-state index is -5.28. The lowest BCUT2D eigenvalue weighted by atomic mass is 10.1. The molecule has 0 saturated carbocycles. The van der Waals surface area contributed by atoms with Crippen molar-refractivity contribution >= 4 is 73.9 Å². The predicted octanol–water partition coefficient (Wildman–Crippen LogP) is 2.58. The van der Waals surface area contributed by atoms with Gasteiger partial charge in [-0.2, -0.15) is 25.3 Å². The van der Waals surface area contributed by atoms with Crippen molar-refractivity contribution in [2.45, 2.75) is 26.5 Å². The number of nitrogens with one attached hydrogen (secondary N) is 1. The average molecular weight is 636 g/mol. The third-order valence-electron chi connectivity index (χ3n) is 5.02. The molecule has 5 N–H and O–H groups in total. The van der Waals surface area contributed by atoms with Crippen LogP contribution in [0.25, 0.3) is 10.8 Å². The molecule has 40 heavy (non-hydrogen) atoms. The van der Waals surface area contributed by atoms with Crippen molar-refractivity contribution in [2.24, 2.45) is 10.2 Å². The number of amides is 1.